The van der Waals surface area contributed by atoms with Crippen molar-refractivity contribution in [3.63, 3.8) is 0 Å². The largest absolute Gasteiger partial charge is 0.465 e. The number of ether oxygens (including phenoxy) is 2. The van der Waals surface area contributed by atoms with Crippen LogP contribution < -0.4 is 4.74 Å². The Labute approximate surface area is 174 Å². The van der Waals surface area contributed by atoms with Crippen LogP contribution in [0.3, 0.4) is 0 Å². The van der Waals surface area contributed by atoms with Gasteiger partial charge in [0.1, 0.15) is 5.75 Å². The van der Waals surface area contributed by atoms with Gasteiger partial charge < -0.3 is 9.47 Å². The maximum Gasteiger partial charge on any atom is 0.199 e. The first-order valence-corrected chi connectivity index (χ1v) is 10.8. The zero-order valence-electron chi connectivity index (χ0n) is 17.2. The fraction of sp³-hybridized carbons (Fsp3) is 0.333. The Morgan fingerprint density at radius 2 is 1.41 bits per heavy atom. The predicted octanol–water partition coefficient (Wildman–Crippen LogP) is 6.92. The van der Waals surface area contributed by atoms with Crippen molar-refractivity contribution in [2.24, 2.45) is 0 Å². The van der Waals surface area contributed by atoms with Gasteiger partial charge in [0.25, 0.3) is 0 Å². The Hall–Kier alpha value is -2.58. The van der Waals surface area contributed by atoms with Crippen molar-refractivity contribution in [3.05, 3.63) is 102 Å². The van der Waals surface area contributed by atoms with E-state index in [4.69, 9.17) is 9.47 Å². The summed E-state index contributed by atoms with van der Waals surface area (Å²) in [4.78, 5) is 0. The Morgan fingerprint density at radius 3 is 1.97 bits per heavy atom. The average Bonchev–Trinajstić information content (AvgIpc) is 2.80. The summed E-state index contributed by atoms with van der Waals surface area (Å²) in [5.74, 6) is 1.73. The Bertz CT molecular complexity index is 813. The van der Waals surface area contributed by atoms with Crippen LogP contribution in [0.25, 0.3) is 0 Å². The lowest BCUT2D eigenvalue weighted by molar-refractivity contribution is -0.105. The van der Waals surface area contributed by atoms with Crippen LogP contribution in [-0.2, 0) is 4.74 Å². The van der Waals surface area contributed by atoms with Gasteiger partial charge in [-0.25, -0.2) is 0 Å². The molecule has 2 nitrogen and oxygen atoms in total. The molecular formula is C27H30O2. The molecule has 1 heterocycles. The summed E-state index contributed by atoms with van der Waals surface area (Å²) in [6, 6.07) is 30.3. The van der Waals surface area contributed by atoms with E-state index in [0.717, 1.165) is 31.6 Å². The van der Waals surface area contributed by atoms with Crippen molar-refractivity contribution in [3.8, 4) is 5.75 Å². The number of benzene rings is 3. The summed E-state index contributed by atoms with van der Waals surface area (Å²) in [6.45, 7) is 3.12. The molecule has 0 bridgehead atoms. The van der Waals surface area contributed by atoms with Gasteiger partial charge in [0.15, 0.2) is 6.29 Å². The van der Waals surface area contributed by atoms with Crippen LogP contribution in [0.15, 0.2) is 84.9 Å². The van der Waals surface area contributed by atoms with Crippen LogP contribution in [0, 0.1) is 0 Å². The fourth-order valence-electron chi connectivity index (χ4n) is 4.16. The molecule has 4 rings (SSSR count). The molecule has 0 amide bonds. The number of hydrogen-bond donors (Lipinski definition) is 0. The van der Waals surface area contributed by atoms with Gasteiger partial charge >= 0.3 is 0 Å². The molecule has 29 heavy (non-hydrogen) atoms. The molecule has 2 heteroatoms. The third kappa shape index (κ3) is 5.27. The molecule has 1 aliphatic heterocycles. The van der Waals surface area contributed by atoms with Gasteiger partial charge in [-0.1, -0.05) is 79.7 Å². The van der Waals surface area contributed by atoms with E-state index < -0.39 is 0 Å². The second-order valence-corrected chi connectivity index (χ2v) is 7.99. The molecule has 0 saturated carbocycles. The molecule has 0 radical (unpaired) electrons. The lowest BCUT2D eigenvalue weighted by Crippen LogP contribution is -2.24. The highest BCUT2D eigenvalue weighted by atomic mass is 16.7. The van der Waals surface area contributed by atoms with E-state index in [-0.39, 0.29) is 6.29 Å². The van der Waals surface area contributed by atoms with E-state index in [1.165, 1.54) is 23.1 Å². The van der Waals surface area contributed by atoms with E-state index in [1.54, 1.807) is 0 Å². The number of rotatable bonds is 7. The van der Waals surface area contributed by atoms with Crippen molar-refractivity contribution < 1.29 is 9.47 Å². The van der Waals surface area contributed by atoms with Gasteiger partial charge in [0.05, 0.1) is 6.61 Å². The van der Waals surface area contributed by atoms with Crippen molar-refractivity contribution >= 4 is 0 Å². The molecule has 0 aliphatic carbocycles. The van der Waals surface area contributed by atoms with E-state index in [9.17, 15) is 0 Å². The molecule has 2 atom stereocenters. The topological polar surface area (TPSA) is 18.5 Å². The average molecular weight is 387 g/mol. The van der Waals surface area contributed by atoms with Crippen molar-refractivity contribution in [2.45, 2.75) is 50.7 Å². The third-order valence-corrected chi connectivity index (χ3v) is 5.85. The maximum absolute atomic E-state index is 5.99. The molecule has 2 unspecified atom stereocenters. The van der Waals surface area contributed by atoms with E-state index >= 15 is 0 Å². The van der Waals surface area contributed by atoms with Crippen molar-refractivity contribution in [1.82, 2.24) is 0 Å². The minimum atomic E-state index is -0.0902. The number of hydrogen-bond acceptors (Lipinski definition) is 2. The zero-order valence-corrected chi connectivity index (χ0v) is 17.2. The van der Waals surface area contributed by atoms with E-state index in [2.05, 4.69) is 91.9 Å². The summed E-state index contributed by atoms with van der Waals surface area (Å²) in [6.07, 6.45) is 4.28. The second kappa shape index (κ2) is 9.76. The minimum absolute atomic E-state index is 0.0902. The monoisotopic (exact) mass is 386 g/mol. The van der Waals surface area contributed by atoms with Gasteiger partial charge in [-0.15, -0.1) is 0 Å². The van der Waals surface area contributed by atoms with Gasteiger partial charge in [0, 0.05) is 12.3 Å². The highest BCUT2D eigenvalue weighted by Gasteiger charge is 2.19. The Balaban J connectivity index is 1.46. The van der Waals surface area contributed by atoms with Crippen LogP contribution >= 0.6 is 0 Å². The van der Waals surface area contributed by atoms with E-state index in [0.29, 0.717) is 11.8 Å². The summed E-state index contributed by atoms with van der Waals surface area (Å²) >= 11 is 0. The highest BCUT2D eigenvalue weighted by molar-refractivity contribution is 5.35. The first-order chi connectivity index (χ1) is 14.3. The SMILES string of the molecule is CC(CC(c1ccccc1)c1ccccc1)c1ccc(OC2CCCCO2)cc1. The molecular weight excluding hydrogens is 356 g/mol. The first kappa shape index (κ1) is 19.7. The van der Waals surface area contributed by atoms with Gasteiger partial charge in [-0.3, -0.25) is 0 Å². The van der Waals surface area contributed by atoms with Gasteiger partial charge in [-0.05, 0) is 54.0 Å². The summed E-state index contributed by atoms with van der Waals surface area (Å²) in [7, 11) is 0. The molecule has 0 aromatic heterocycles. The second-order valence-electron chi connectivity index (χ2n) is 7.99. The van der Waals surface area contributed by atoms with Crippen molar-refractivity contribution in [1.29, 1.82) is 0 Å². The Morgan fingerprint density at radius 1 is 0.793 bits per heavy atom. The first-order valence-electron chi connectivity index (χ1n) is 10.8. The lowest BCUT2D eigenvalue weighted by Gasteiger charge is -2.24. The van der Waals surface area contributed by atoms with Crippen LogP contribution in [0.1, 0.15) is 61.1 Å². The van der Waals surface area contributed by atoms with E-state index in [1.807, 2.05) is 0 Å². The van der Waals surface area contributed by atoms with Gasteiger partial charge in [0.2, 0.25) is 0 Å². The van der Waals surface area contributed by atoms with Crippen LogP contribution in [0.4, 0.5) is 0 Å². The standard InChI is InChI=1S/C27H30O2/c1-21(22-15-17-25(18-16-22)29-27-14-8-9-19-28-27)20-26(23-10-4-2-5-11-23)24-12-6-3-7-13-24/h2-7,10-13,15-18,21,26-27H,8-9,14,19-20H2,1H3. The summed E-state index contributed by atoms with van der Waals surface area (Å²) in [5.41, 5.74) is 4.10. The molecule has 0 spiro atoms. The van der Waals surface area contributed by atoms with Crippen LogP contribution in [0.5, 0.6) is 5.75 Å². The van der Waals surface area contributed by atoms with Crippen molar-refractivity contribution in [2.75, 3.05) is 6.61 Å². The highest BCUT2D eigenvalue weighted by Crippen LogP contribution is 2.35. The fourth-order valence-corrected chi connectivity index (χ4v) is 4.16. The molecule has 150 valence electrons. The molecule has 0 N–H and O–H groups in total. The lowest BCUT2D eigenvalue weighted by atomic mass is 9.82. The summed E-state index contributed by atoms with van der Waals surface area (Å²) in [5, 5.41) is 0. The summed E-state index contributed by atoms with van der Waals surface area (Å²) < 4.78 is 11.7. The minimum Gasteiger partial charge on any atom is -0.465 e. The van der Waals surface area contributed by atoms with Gasteiger partial charge in [-0.2, -0.15) is 0 Å². The predicted molar refractivity (Wildman–Crippen MR) is 118 cm³/mol. The smallest absolute Gasteiger partial charge is 0.199 e. The zero-order chi connectivity index (χ0) is 19.9. The molecule has 3 aromatic carbocycles. The van der Waals surface area contributed by atoms with Crippen LogP contribution in [-0.4, -0.2) is 12.9 Å². The molecule has 1 saturated heterocycles. The molecule has 1 aliphatic rings. The molecule has 3 aromatic rings. The maximum atomic E-state index is 5.99. The Kier molecular flexibility index (Phi) is 6.63. The molecule has 1 fully saturated rings. The third-order valence-electron chi connectivity index (χ3n) is 5.85. The quantitative estimate of drug-likeness (QED) is 0.439. The normalized spacial score (nSPS) is 17.8. The van der Waals surface area contributed by atoms with Crippen LogP contribution in [0.2, 0.25) is 0 Å².